The van der Waals surface area contributed by atoms with Crippen LogP contribution < -0.4 is 5.73 Å². The van der Waals surface area contributed by atoms with E-state index in [4.69, 9.17) is 12.2 Å². The molecule has 0 spiro atoms. The third kappa shape index (κ3) is 2.52. The second-order valence-corrected chi connectivity index (χ2v) is 5.46. The molecule has 0 aromatic carbocycles. The van der Waals surface area contributed by atoms with Crippen LogP contribution in [0.1, 0.15) is 25.7 Å². The van der Waals surface area contributed by atoms with Crippen molar-refractivity contribution in [3.8, 4) is 12.3 Å². The summed E-state index contributed by atoms with van der Waals surface area (Å²) < 4.78 is 0. The number of carbonyl (C=O) groups excluding carboxylic acids is 1. The van der Waals surface area contributed by atoms with E-state index in [9.17, 15) is 4.79 Å². The molecule has 1 aliphatic carbocycles. The van der Waals surface area contributed by atoms with Crippen molar-refractivity contribution in [3.63, 3.8) is 0 Å². The van der Waals surface area contributed by atoms with Gasteiger partial charge in [-0.15, -0.1) is 6.42 Å². The molecule has 2 rings (SSSR count). The Bertz CT molecular complexity index is 333. The average molecular weight is 249 g/mol. The smallest absolute Gasteiger partial charge is 0.230 e. The van der Waals surface area contributed by atoms with E-state index in [1.807, 2.05) is 4.90 Å². The lowest BCUT2D eigenvalue weighted by Crippen LogP contribution is -2.54. The molecule has 4 nitrogen and oxygen atoms in total. The van der Waals surface area contributed by atoms with Gasteiger partial charge in [0.15, 0.2) is 0 Å². The van der Waals surface area contributed by atoms with Gasteiger partial charge in [0.25, 0.3) is 0 Å². The highest BCUT2D eigenvalue weighted by Gasteiger charge is 2.42. The fraction of sp³-hybridized carbons (Fsp3) is 0.786. The summed E-state index contributed by atoms with van der Waals surface area (Å²) in [4.78, 5) is 16.8. The van der Waals surface area contributed by atoms with Crippen LogP contribution in [0.25, 0.3) is 0 Å². The Morgan fingerprint density at radius 3 is 2.33 bits per heavy atom. The minimum absolute atomic E-state index is 0.256. The fourth-order valence-corrected chi connectivity index (χ4v) is 3.13. The Morgan fingerprint density at radius 1 is 1.22 bits per heavy atom. The standard InChI is InChI=1S/C14H23N3O/c1-2-7-16-8-10-17(11-9-16)13(18)14(12-15)5-3-4-6-14/h1H,3-12,15H2. The molecular weight excluding hydrogens is 226 g/mol. The summed E-state index contributed by atoms with van der Waals surface area (Å²) in [6.07, 6.45) is 9.52. The highest BCUT2D eigenvalue weighted by atomic mass is 16.2. The van der Waals surface area contributed by atoms with Gasteiger partial charge in [0, 0.05) is 32.7 Å². The van der Waals surface area contributed by atoms with Crippen LogP contribution in [0.2, 0.25) is 0 Å². The number of nitrogens with two attached hydrogens (primary N) is 1. The van der Waals surface area contributed by atoms with Crippen molar-refractivity contribution in [2.45, 2.75) is 25.7 Å². The Hall–Kier alpha value is -1.05. The number of nitrogens with zero attached hydrogens (tertiary/aromatic N) is 2. The molecule has 1 aliphatic heterocycles. The van der Waals surface area contributed by atoms with Crippen LogP contribution in [-0.4, -0.2) is 55.0 Å². The van der Waals surface area contributed by atoms with E-state index >= 15 is 0 Å². The van der Waals surface area contributed by atoms with E-state index in [0.29, 0.717) is 13.1 Å². The van der Waals surface area contributed by atoms with E-state index in [1.54, 1.807) is 0 Å². The Balaban J connectivity index is 1.93. The SMILES string of the molecule is C#CCN1CCN(C(=O)C2(CN)CCCC2)CC1. The summed E-state index contributed by atoms with van der Waals surface area (Å²) in [6, 6.07) is 0. The second-order valence-electron chi connectivity index (χ2n) is 5.46. The minimum Gasteiger partial charge on any atom is -0.340 e. The quantitative estimate of drug-likeness (QED) is 0.731. The van der Waals surface area contributed by atoms with Crippen LogP contribution in [0, 0.1) is 17.8 Å². The van der Waals surface area contributed by atoms with Gasteiger partial charge in [0.2, 0.25) is 5.91 Å². The van der Waals surface area contributed by atoms with Crippen LogP contribution in [0.4, 0.5) is 0 Å². The molecule has 0 aromatic heterocycles. The first-order valence-electron chi connectivity index (χ1n) is 6.87. The normalized spacial score (nSPS) is 23.9. The van der Waals surface area contributed by atoms with E-state index < -0.39 is 0 Å². The molecule has 18 heavy (non-hydrogen) atoms. The molecule has 4 heteroatoms. The lowest BCUT2D eigenvalue weighted by atomic mass is 9.84. The number of rotatable bonds is 3. The highest BCUT2D eigenvalue weighted by molar-refractivity contribution is 5.83. The van der Waals surface area contributed by atoms with E-state index in [1.165, 1.54) is 0 Å². The number of terminal acetylenes is 1. The van der Waals surface area contributed by atoms with Crippen molar-refractivity contribution < 1.29 is 4.79 Å². The van der Waals surface area contributed by atoms with Gasteiger partial charge in [-0.05, 0) is 12.8 Å². The second kappa shape index (κ2) is 5.73. The first kappa shape index (κ1) is 13.4. The van der Waals surface area contributed by atoms with Crippen LogP contribution >= 0.6 is 0 Å². The third-order valence-electron chi connectivity index (χ3n) is 4.38. The molecule has 1 heterocycles. The van der Waals surface area contributed by atoms with E-state index in [0.717, 1.165) is 51.9 Å². The largest absolute Gasteiger partial charge is 0.340 e. The average Bonchev–Trinajstić information content (AvgIpc) is 2.89. The van der Waals surface area contributed by atoms with Crippen LogP contribution in [0.15, 0.2) is 0 Å². The number of carbonyl (C=O) groups is 1. The Labute approximate surface area is 109 Å². The third-order valence-corrected chi connectivity index (χ3v) is 4.38. The van der Waals surface area contributed by atoms with Crippen molar-refractivity contribution in [2.75, 3.05) is 39.3 Å². The number of amides is 1. The van der Waals surface area contributed by atoms with Crippen molar-refractivity contribution in [1.29, 1.82) is 0 Å². The molecule has 1 saturated heterocycles. The van der Waals surface area contributed by atoms with Gasteiger partial charge < -0.3 is 10.6 Å². The molecule has 1 saturated carbocycles. The van der Waals surface area contributed by atoms with E-state index in [2.05, 4.69) is 10.8 Å². The maximum Gasteiger partial charge on any atom is 0.230 e. The molecule has 2 aliphatic rings. The van der Waals surface area contributed by atoms with Gasteiger partial charge in [-0.2, -0.15) is 0 Å². The summed E-state index contributed by atoms with van der Waals surface area (Å²) in [6.45, 7) is 4.54. The zero-order chi connectivity index (χ0) is 13.0. The molecule has 0 radical (unpaired) electrons. The first-order valence-corrected chi connectivity index (χ1v) is 6.87. The van der Waals surface area contributed by atoms with Gasteiger partial charge in [-0.3, -0.25) is 9.69 Å². The van der Waals surface area contributed by atoms with Crippen LogP contribution in [-0.2, 0) is 4.79 Å². The molecule has 2 N–H and O–H groups in total. The number of hydrogen-bond acceptors (Lipinski definition) is 3. The van der Waals surface area contributed by atoms with Gasteiger partial charge in [0.05, 0.1) is 12.0 Å². The van der Waals surface area contributed by atoms with E-state index in [-0.39, 0.29) is 11.3 Å². The maximum atomic E-state index is 12.6. The molecule has 2 fully saturated rings. The summed E-state index contributed by atoms with van der Waals surface area (Å²) in [5.41, 5.74) is 5.61. The summed E-state index contributed by atoms with van der Waals surface area (Å²) in [7, 11) is 0. The van der Waals surface area contributed by atoms with Crippen LogP contribution in [0.5, 0.6) is 0 Å². The van der Waals surface area contributed by atoms with Crippen LogP contribution in [0.3, 0.4) is 0 Å². The Morgan fingerprint density at radius 2 is 1.83 bits per heavy atom. The van der Waals surface area contributed by atoms with Gasteiger partial charge in [-0.1, -0.05) is 18.8 Å². The molecule has 0 bridgehead atoms. The number of piperazine rings is 1. The van der Waals surface area contributed by atoms with Crippen molar-refractivity contribution in [2.24, 2.45) is 11.1 Å². The zero-order valence-electron chi connectivity index (χ0n) is 11.0. The van der Waals surface area contributed by atoms with Gasteiger partial charge in [0.1, 0.15) is 0 Å². The van der Waals surface area contributed by atoms with Gasteiger partial charge >= 0.3 is 0 Å². The topological polar surface area (TPSA) is 49.6 Å². The van der Waals surface area contributed by atoms with Crippen molar-refractivity contribution >= 4 is 5.91 Å². The molecule has 0 unspecified atom stereocenters. The maximum absolute atomic E-state index is 12.6. The monoisotopic (exact) mass is 249 g/mol. The predicted octanol–water partition coefficient (Wildman–Crippen LogP) is 0.283. The Kier molecular flexibility index (Phi) is 4.26. The molecular formula is C14H23N3O. The lowest BCUT2D eigenvalue weighted by molar-refractivity contribution is -0.143. The summed E-state index contributed by atoms with van der Waals surface area (Å²) in [5.74, 6) is 2.94. The summed E-state index contributed by atoms with van der Waals surface area (Å²) >= 11 is 0. The van der Waals surface area contributed by atoms with Crippen molar-refractivity contribution in [1.82, 2.24) is 9.80 Å². The minimum atomic E-state index is -0.256. The zero-order valence-corrected chi connectivity index (χ0v) is 11.0. The molecule has 1 amide bonds. The summed E-state index contributed by atoms with van der Waals surface area (Å²) in [5, 5.41) is 0. The number of hydrogen-bond donors (Lipinski definition) is 1. The molecule has 100 valence electrons. The lowest BCUT2D eigenvalue weighted by Gasteiger charge is -2.39. The predicted molar refractivity (Wildman–Crippen MR) is 71.8 cm³/mol. The first-order chi connectivity index (χ1) is 8.72. The molecule has 0 aromatic rings. The van der Waals surface area contributed by atoms with Gasteiger partial charge in [-0.25, -0.2) is 0 Å². The highest BCUT2D eigenvalue weighted by Crippen LogP contribution is 2.38. The fourth-order valence-electron chi connectivity index (χ4n) is 3.13. The van der Waals surface area contributed by atoms with Crippen molar-refractivity contribution in [3.05, 3.63) is 0 Å². The molecule has 0 atom stereocenters.